The lowest BCUT2D eigenvalue weighted by Crippen LogP contribution is -2.24. The first-order valence-corrected chi connectivity index (χ1v) is 9.61. The molecule has 1 aliphatic rings. The van der Waals surface area contributed by atoms with Crippen molar-refractivity contribution in [3.05, 3.63) is 47.3 Å². The molecule has 2 aromatic heterocycles. The third-order valence-corrected chi connectivity index (χ3v) is 4.92. The number of amides is 1. The van der Waals surface area contributed by atoms with E-state index >= 15 is 0 Å². The predicted molar refractivity (Wildman–Crippen MR) is 101 cm³/mol. The van der Waals surface area contributed by atoms with Gasteiger partial charge < -0.3 is 10.3 Å². The second-order valence-corrected chi connectivity index (χ2v) is 7.09. The lowest BCUT2D eigenvalue weighted by atomic mass is 10.1. The molecule has 0 aliphatic carbocycles. The zero-order chi connectivity index (χ0) is 18.4. The molecule has 26 heavy (non-hydrogen) atoms. The first-order chi connectivity index (χ1) is 12.7. The molecule has 2 N–H and O–H groups in total. The number of hydrogen-bond donors (Lipinski definition) is 2. The minimum atomic E-state index is -0.0195. The highest BCUT2D eigenvalue weighted by Gasteiger charge is 2.27. The van der Waals surface area contributed by atoms with Gasteiger partial charge in [-0.15, -0.1) is 0 Å². The molecule has 3 heterocycles. The van der Waals surface area contributed by atoms with E-state index in [2.05, 4.69) is 44.2 Å². The number of aromatic nitrogens is 3. The van der Waals surface area contributed by atoms with Gasteiger partial charge in [0.05, 0.1) is 11.7 Å². The van der Waals surface area contributed by atoms with E-state index in [-0.39, 0.29) is 5.91 Å². The average molecular weight is 355 g/mol. The summed E-state index contributed by atoms with van der Waals surface area (Å²) in [6.45, 7) is 6.24. The summed E-state index contributed by atoms with van der Waals surface area (Å²) in [7, 11) is 0. The highest BCUT2D eigenvalue weighted by atomic mass is 16.1. The number of hydrogen-bond acceptors (Lipinski definition) is 4. The van der Waals surface area contributed by atoms with Crippen molar-refractivity contribution in [1.82, 2.24) is 25.2 Å². The number of aryl methyl sites for hydroxylation is 1. The maximum Gasteiger partial charge on any atom is 0.217 e. The van der Waals surface area contributed by atoms with E-state index in [9.17, 15) is 4.79 Å². The number of carbonyl (C=O) groups is 1. The summed E-state index contributed by atoms with van der Waals surface area (Å²) in [6.07, 6.45) is 9.57. The van der Waals surface area contributed by atoms with Gasteiger partial charge >= 0.3 is 0 Å². The molecule has 1 atom stereocenters. The van der Waals surface area contributed by atoms with Crippen LogP contribution < -0.4 is 5.32 Å². The number of imidazole rings is 1. The van der Waals surface area contributed by atoms with Crippen LogP contribution in [0.3, 0.4) is 0 Å². The van der Waals surface area contributed by atoms with Crippen LogP contribution in [0, 0.1) is 0 Å². The van der Waals surface area contributed by atoms with Gasteiger partial charge in [-0.2, -0.15) is 0 Å². The molecule has 2 aromatic rings. The van der Waals surface area contributed by atoms with Crippen LogP contribution in [0.5, 0.6) is 0 Å². The van der Waals surface area contributed by atoms with E-state index in [1.54, 1.807) is 0 Å². The molecule has 1 aliphatic heterocycles. The van der Waals surface area contributed by atoms with Crippen LogP contribution >= 0.6 is 0 Å². The quantitative estimate of drug-likeness (QED) is 0.763. The maximum atomic E-state index is 11.0. The first kappa shape index (κ1) is 18.6. The van der Waals surface area contributed by atoms with Gasteiger partial charge in [0.1, 0.15) is 5.82 Å². The molecule has 0 bridgehead atoms. The standard InChI is InChI=1S/C20H29N5O/c1-3-4-7-20-23-13-17(24-20)14-25-10-5-6-19(25)18-9-8-16(12-22-18)11-21-15(2)26/h8-9,12-13,19H,3-7,10-11,14H2,1-2H3,(H,21,26)(H,23,24)/t19-/m0/s1. The van der Waals surface area contributed by atoms with Crippen molar-refractivity contribution in [3.8, 4) is 0 Å². The number of nitrogens with zero attached hydrogens (tertiary/aromatic N) is 3. The summed E-state index contributed by atoms with van der Waals surface area (Å²) in [5.41, 5.74) is 3.33. The van der Waals surface area contributed by atoms with E-state index in [4.69, 9.17) is 0 Å². The molecular formula is C20H29N5O. The van der Waals surface area contributed by atoms with Gasteiger partial charge in [-0.3, -0.25) is 14.7 Å². The molecule has 0 saturated carbocycles. The Labute approximate surface area is 155 Å². The Kier molecular flexibility index (Phi) is 6.39. The molecule has 0 radical (unpaired) electrons. The van der Waals surface area contributed by atoms with E-state index in [0.717, 1.165) is 43.0 Å². The zero-order valence-electron chi connectivity index (χ0n) is 15.8. The Bertz CT molecular complexity index is 709. The van der Waals surface area contributed by atoms with Crippen molar-refractivity contribution in [2.24, 2.45) is 0 Å². The molecule has 1 saturated heterocycles. The number of nitrogens with one attached hydrogen (secondary N) is 2. The fraction of sp³-hybridized carbons (Fsp3) is 0.550. The minimum Gasteiger partial charge on any atom is -0.352 e. The Morgan fingerprint density at radius 1 is 1.35 bits per heavy atom. The summed E-state index contributed by atoms with van der Waals surface area (Å²) < 4.78 is 0. The van der Waals surface area contributed by atoms with E-state index in [1.165, 1.54) is 31.9 Å². The van der Waals surface area contributed by atoms with Gasteiger partial charge in [0, 0.05) is 44.5 Å². The summed E-state index contributed by atoms with van der Waals surface area (Å²) in [5, 5.41) is 2.81. The Balaban J connectivity index is 1.60. The fourth-order valence-corrected chi connectivity index (χ4v) is 3.49. The van der Waals surface area contributed by atoms with Crippen LogP contribution in [0.2, 0.25) is 0 Å². The average Bonchev–Trinajstić information content (AvgIpc) is 3.28. The number of unbranched alkanes of at least 4 members (excludes halogenated alkanes) is 1. The predicted octanol–water partition coefficient (Wildman–Crippen LogP) is 3.12. The number of aromatic amines is 1. The molecule has 1 fully saturated rings. The van der Waals surface area contributed by atoms with Crippen LogP contribution in [-0.2, 0) is 24.3 Å². The Morgan fingerprint density at radius 3 is 2.96 bits per heavy atom. The van der Waals surface area contributed by atoms with Crippen LogP contribution in [0.15, 0.2) is 24.5 Å². The summed E-state index contributed by atoms with van der Waals surface area (Å²) in [6, 6.07) is 4.51. The number of H-pyrrole nitrogens is 1. The topological polar surface area (TPSA) is 73.9 Å². The molecule has 1 amide bonds. The summed E-state index contributed by atoms with van der Waals surface area (Å²) in [5.74, 6) is 1.08. The molecule has 0 unspecified atom stereocenters. The van der Waals surface area contributed by atoms with Crippen LogP contribution in [-0.4, -0.2) is 32.3 Å². The van der Waals surface area contributed by atoms with Crippen molar-refractivity contribution in [2.75, 3.05) is 6.54 Å². The number of pyridine rings is 1. The number of rotatable bonds is 8. The highest BCUT2D eigenvalue weighted by Crippen LogP contribution is 2.31. The van der Waals surface area contributed by atoms with Gasteiger partial charge in [0.2, 0.25) is 5.91 Å². The lowest BCUT2D eigenvalue weighted by Gasteiger charge is -2.23. The smallest absolute Gasteiger partial charge is 0.217 e. The third-order valence-electron chi connectivity index (χ3n) is 4.92. The monoisotopic (exact) mass is 355 g/mol. The molecule has 0 aromatic carbocycles. The van der Waals surface area contributed by atoms with Crippen LogP contribution in [0.25, 0.3) is 0 Å². The van der Waals surface area contributed by atoms with E-state index in [0.29, 0.717) is 12.6 Å². The second-order valence-electron chi connectivity index (χ2n) is 7.09. The largest absolute Gasteiger partial charge is 0.352 e. The SMILES string of the molecule is CCCCc1ncc(CN2CCC[C@H]2c2ccc(CNC(C)=O)cn2)[nH]1. The number of carbonyl (C=O) groups excluding carboxylic acids is 1. The summed E-state index contributed by atoms with van der Waals surface area (Å²) in [4.78, 5) is 26.1. The normalized spacial score (nSPS) is 17.5. The van der Waals surface area contributed by atoms with Gasteiger partial charge in [-0.25, -0.2) is 4.98 Å². The van der Waals surface area contributed by atoms with Crippen molar-refractivity contribution < 1.29 is 4.79 Å². The zero-order valence-corrected chi connectivity index (χ0v) is 15.8. The van der Waals surface area contributed by atoms with Gasteiger partial charge in [-0.05, 0) is 37.4 Å². The van der Waals surface area contributed by atoms with Crippen molar-refractivity contribution >= 4 is 5.91 Å². The molecule has 3 rings (SSSR count). The maximum absolute atomic E-state index is 11.0. The van der Waals surface area contributed by atoms with Crippen molar-refractivity contribution in [2.45, 2.75) is 65.1 Å². The van der Waals surface area contributed by atoms with Crippen LogP contribution in [0.1, 0.15) is 68.3 Å². The minimum absolute atomic E-state index is 0.0195. The molecule has 6 heteroatoms. The molecular weight excluding hydrogens is 326 g/mol. The van der Waals surface area contributed by atoms with E-state index in [1.807, 2.05) is 12.4 Å². The first-order valence-electron chi connectivity index (χ1n) is 9.61. The van der Waals surface area contributed by atoms with Gasteiger partial charge in [0.15, 0.2) is 0 Å². The lowest BCUT2D eigenvalue weighted by molar-refractivity contribution is -0.119. The third kappa shape index (κ3) is 4.91. The number of likely N-dealkylation sites (tertiary alicyclic amines) is 1. The summed E-state index contributed by atoms with van der Waals surface area (Å²) >= 11 is 0. The van der Waals surface area contributed by atoms with Crippen LogP contribution in [0.4, 0.5) is 0 Å². The van der Waals surface area contributed by atoms with Crippen molar-refractivity contribution in [3.63, 3.8) is 0 Å². The van der Waals surface area contributed by atoms with Gasteiger partial charge in [-0.1, -0.05) is 19.4 Å². The Morgan fingerprint density at radius 2 is 2.23 bits per heavy atom. The molecule has 0 spiro atoms. The molecule has 6 nitrogen and oxygen atoms in total. The Hall–Kier alpha value is -2.21. The fourth-order valence-electron chi connectivity index (χ4n) is 3.49. The second kappa shape index (κ2) is 8.94. The van der Waals surface area contributed by atoms with Crippen molar-refractivity contribution in [1.29, 1.82) is 0 Å². The van der Waals surface area contributed by atoms with E-state index < -0.39 is 0 Å². The van der Waals surface area contributed by atoms with Gasteiger partial charge in [0.25, 0.3) is 0 Å². The highest BCUT2D eigenvalue weighted by molar-refractivity contribution is 5.72. The molecule has 140 valence electrons.